The van der Waals surface area contributed by atoms with Gasteiger partial charge in [0.25, 0.3) is 11.8 Å². The molecule has 98 heavy (non-hydrogen) atoms. The fourth-order valence-corrected chi connectivity index (χ4v) is 12.1. The van der Waals surface area contributed by atoms with Crippen LogP contribution in [-0.2, 0) is 41.9 Å². The first kappa shape index (κ1) is 72.9. The Morgan fingerprint density at radius 3 is 1.22 bits per heavy atom. The first-order valence-corrected chi connectivity index (χ1v) is 31.0. The number of oxazole rings is 2. The Hall–Kier alpha value is -9.36. The number of carboxylic acids is 4. The summed E-state index contributed by atoms with van der Waals surface area (Å²) < 4.78 is 34.0. The van der Waals surface area contributed by atoms with Crippen molar-refractivity contribution in [1.82, 2.24) is 19.8 Å². The van der Waals surface area contributed by atoms with E-state index in [0.717, 1.165) is 43.8 Å². The zero-order valence-corrected chi connectivity index (χ0v) is 58.0. The van der Waals surface area contributed by atoms with Gasteiger partial charge in [-0.2, -0.15) is 0 Å². The van der Waals surface area contributed by atoms with Gasteiger partial charge >= 0.3 is 71.1 Å². The molecule has 2 aliphatic heterocycles. The van der Waals surface area contributed by atoms with E-state index in [0.29, 0.717) is 69.8 Å². The third kappa shape index (κ3) is 17.5. The SMILES string of the molecule is CC(C(C/C=C/c1nc2ccccc2o1)c1ccc2c(c1)OCO2)N(Cc1ccc2ccccc2c1)C(=O)C(O)C(CC(=O)[O-])C(=O)O.CC(C(C/C=C/c1nc2ccccc2o1)c1ccc2c(c1)OCO2)N(Cc1ccc2ccccc2c1)C(=O)C(O)C(CC(=O)[O-])C(=O)O.[Na+].[Na+]. The zero-order chi connectivity index (χ0) is 67.6. The molecule has 0 fully saturated rings. The van der Waals surface area contributed by atoms with Gasteiger partial charge in [0, 0.05) is 61.8 Å². The quantitative estimate of drug-likeness (QED) is 0.0566. The molecule has 12 rings (SSSR count). The molecule has 2 aliphatic rings. The number of nitrogens with zero attached hydrogens (tertiary/aromatic N) is 4. The molecule has 0 saturated heterocycles. The molecular weight excluding hydrogens is 1280 g/mol. The molecule has 8 unspecified atom stereocenters. The number of para-hydroxylation sites is 4. The van der Waals surface area contributed by atoms with Crippen molar-refractivity contribution in [2.45, 2.75) is 88.7 Å². The summed E-state index contributed by atoms with van der Waals surface area (Å²) in [7, 11) is 0. The number of aliphatic hydroxyl groups excluding tert-OH is 2. The van der Waals surface area contributed by atoms with Crippen LogP contribution in [-0.4, -0.2) is 114 Å². The van der Waals surface area contributed by atoms with Gasteiger partial charge in [-0.3, -0.25) is 19.2 Å². The van der Waals surface area contributed by atoms with Crippen LogP contribution in [0, 0.1) is 11.8 Å². The second-order valence-electron chi connectivity index (χ2n) is 23.5. The molecule has 492 valence electrons. The molecular formula is C74H66N4Na2O18. The minimum Gasteiger partial charge on any atom is -0.550 e. The largest absolute Gasteiger partial charge is 1.00 e. The predicted molar refractivity (Wildman–Crippen MR) is 347 cm³/mol. The van der Waals surface area contributed by atoms with Crippen LogP contribution in [0.5, 0.6) is 23.0 Å². The van der Waals surface area contributed by atoms with E-state index in [1.54, 1.807) is 24.3 Å². The molecule has 0 radical (unpaired) electrons. The molecule has 0 bridgehead atoms. The molecule has 10 aromatic rings. The summed E-state index contributed by atoms with van der Waals surface area (Å²) in [4.78, 5) is 86.8. The number of amides is 2. The average Bonchev–Trinajstić information content (AvgIpc) is 1.63. The molecule has 8 atom stereocenters. The Morgan fingerprint density at radius 1 is 0.480 bits per heavy atom. The Morgan fingerprint density at radius 2 is 0.847 bits per heavy atom. The number of aliphatic hydroxyl groups is 2. The van der Waals surface area contributed by atoms with Gasteiger partial charge in [-0.15, -0.1) is 0 Å². The zero-order valence-electron chi connectivity index (χ0n) is 54.0. The van der Waals surface area contributed by atoms with Crippen LogP contribution in [0.25, 0.3) is 55.9 Å². The number of fused-ring (bicyclic) bond motifs is 6. The molecule has 8 aromatic carbocycles. The van der Waals surface area contributed by atoms with Gasteiger partial charge in [-0.25, -0.2) is 9.97 Å². The number of rotatable bonds is 26. The van der Waals surface area contributed by atoms with Crippen molar-refractivity contribution in [3.05, 3.63) is 216 Å². The number of carbonyl (C=O) groups is 6. The maximum absolute atomic E-state index is 14.1. The number of allylic oxidation sites excluding steroid dienone is 2. The van der Waals surface area contributed by atoms with Crippen LogP contribution in [0.15, 0.2) is 191 Å². The average molecular weight is 1350 g/mol. The molecule has 4 heterocycles. The maximum atomic E-state index is 14.1. The Kier molecular flexibility index (Phi) is 24.7. The second-order valence-corrected chi connectivity index (χ2v) is 23.5. The number of hydrogen-bond acceptors (Lipinski definition) is 18. The molecule has 0 saturated carbocycles. The number of carbonyl (C=O) groups excluding carboxylic acids is 4. The fourth-order valence-electron chi connectivity index (χ4n) is 12.1. The van der Waals surface area contributed by atoms with Gasteiger partial charge < -0.3 is 77.8 Å². The van der Waals surface area contributed by atoms with Crippen LogP contribution < -0.4 is 88.3 Å². The third-order valence-electron chi connectivity index (χ3n) is 17.3. The van der Waals surface area contributed by atoms with E-state index in [4.69, 9.17) is 27.8 Å². The van der Waals surface area contributed by atoms with Crippen LogP contribution in [0.3, 0.4) is 0 Å². The van der Waals surface area contributed by atoms with Gasteiger partial charge in [0.05, 0.1) is 11.8 Å². The molecule has 22 nitrogen and oxygen atoms in total. The Labute approximate surface area is 606 Å². The van der Waals surface area contributed by atoms with Crippen molar-refractivity contribution in [1.29, 1.82) is 0 Å². The van der Waals surface area contributed by atoms with Crippen LogP contribution in [0.4, 0.5) is 0 Å². The molecule has 0 aliphatic carbocycles. The maximum Gasteiger partial charge on any atom is 1.00 e. The van der Waals surface area contributed by atoms with E-state index in [9.17, 15) is 59.4 Å². The van der Waals surface area contributed by atoms with Crippen LogP contribution >= 0.6 is 0 Å². The predicted octanol–water partition coefficient (Wildman–Crippen LogP) is 3.04. The van der Waals surface area contributed by atoms with Crippen molar-refractivity contribution < 1.29 is 146 Å². The van der Waals surface area contributed by atoms with E-state index >= 15 is 0 Å². The van der Waals surface area contributed by atoms with Crippen molar-refractivity contribution >= 4 is 91.6 Å². The molecule has 0 spiro atoms. The summed E-state index contributed by atoms with van der Waals surface area (Å²) in [6.45, 7) is 3.78. The Bertz CT molecular complexity index is 4240. The molecule has 2 aromatic heterocycles. The van der Waals surface area contributed by atoms with E-state index in [2.05, 4.69) is 9.97 Å². The first-order valence-electron chi connectivity index (χ1n) is 31.0. The van der Waals surface area contributed by atoms with Gasteiger partial charge in [0.1, 0.15) is 23.2 Å². The van der Waals surface area contributed by atoms with Gasteiger partial charge in [0.15, 0.2) is 34.2 Å². The number of carboxylic acid groups (broad SMARTS) is 4. The van der Waals surface area contributed by atoms with E-state index in [-0.39, 0.29) is 85.8 Å². The molecule has 4 N–H and O–H groups in total. The van der Waals surface area contributed by atoms with Crippen LogP contribution in [0.1, 0.15) is 85.4 Å². The standard InChI is InChI=1S/2C37H34N2O9.2Na/c2*1-22(27(26-15-16-31-32(18-26)47-21-46-31)9-6-12-33-38-29-10-4-5-11-30(29)48-33)39(36(43)35(42)28(37(44)45)19-34(40)41)20-23-13-14-24-7-2-3-8-25(24)17-23;;/h2*2-8,10-18,22,27-28,35,42H,9,19-21H2,1H3,(H,40,41)(H,44,45);;/q;;2*+1/p-2/b2*12-6+;;. The van der Waals surface area contributed by atoms with Gasteiger partial charge in [-0.05, 0) is 143 Å². The van der Waals surface area contributed by atoms with Crippen molar-refractivity contribution in [3.8, 4) is 23.0 Å². The summed E-state index contributed by atoms with van der Waals surface area (Å²) in [6, 6.07) is 51.3. The van der Waals surface area contributed by atoms with E-state index in [1.165, 1.54) is 9.80 Å². The van der Waals surface area contributed by atoms with Crippen molar-refractivity contribution in [3.63, 3.8) is 0 Å². The van der Waals surface area contributed by atoms with Gasteiger partial charge in [0.2, 0.25) is 25.4 Å². The first-order chi connectivity index (χ1) is 46.3. The van der Waals surface area contributed by atoms with Crippen molar-refractivity contribution in [2.24, 2.45) is 11.8 Å². The minimum absolute atomic E-state index is 0. The number of benzene rings is 8. The van der Waals surface area contributed by atoms with Crippen LogP contribution in [0.2, 0.25) is 0 Å². The van der Waals surface area contributed by atoms with E-state index < -0.39 is 96.5 Å². The van der Waals surface area contributed by atoms with Gasteiger partial charge in [-0.1, -0.05) is 121 Å². The number of hydrogen-bond donors (Lipinski definition) is 4. The number of aromatic nitrogens is 2. The summed E-state index contributed by atoms with van der Waals surface area (Å²) in [5.41, 5.74) is 5.77. The third-order valence-corrected chi connectivity index (χ3v) is 17.3. The second kappa shape index (κ2) is 33.3. The smallest absolute Gasteiger partial charge is 0.550 e. The topological polar surface area (TPSA) is 325 Å². The monoisotopic (exact) mass is 1340 g/mol. The Balaban J connectivity index is 0.000000225. The summed E-state index contributed by atoms with van der Waals surface area (Å²) in [5, 5.41) is 68.3. The fraction of sp³-hybridized carbons (Fsp3) is 0.243. The summed E-state index contributed by atoms with van der Waals surface area (Å²) in [5.74, 6) is -10.0. The van der Waals surface area contributed by atoms with Crippen molar-refractivity contribution in [2.75, 3.05) is 13.6 Å². The minimum atomic E-state index is -2.14. The van der Waals surface area contributed by atoms with E-state index in [1.807, 2.05) is 184 Å². The summed E-state index contributed by atoms with van der Waals surface area (Å²) >= 11 is 0. The summed E-state index contributed by atoms with van der Waals surface area (Å²) in [6.07, 6.45) is 1.65. The normalized spacial score (nSPS) is 14.7. The molecule has 24 heteroatoms. The number of ether oxygens (including phenoxy) is 4. The molecule has 2 amide bonds. The number of aliphatic carboxylic acids is 4.